The summed E-state index contributed by atoms with van der Waals surface area (Å²) in [4.78, 5) is 14.5. The molecule has 1 aromatic rings. The fourth-order valence-electron chi connectivity index (χ4n) is 1.78. The first-order valence-electron chi connectivity index (χ1n) is 5.37. The Hall–Kier alpha value is -1.36. The van der Waals surface area contributed by atoms with Gasteiger partial charge in [0.25, 0.3) is 0 Å². The third-order valence-electron chi connectivity index (χ3n) is 2.68. The first-order chi connectivity index (χ1) is 8.24. The monoisotopic (exact) mass is 253 g/mol. The largest absolute Gasteiger partial charge is 0.497 e. The zero-order valence-corrected chi connectivity index (χ0v) is 10.8. The Morgan fingerprint density at radius 3 is 2.94 bits per heavy atom. The molecule has 2 rings (SSSR count). The second kappa shape index (κ2) is 5.31. The molecule has 0 spiro atoms. The van der Waals surface area contributed by atoms with Crippen LogP contribution in [0.1, 0.15) is 5.56 Å². The summed E-state index contributed by atoms with van der Waals surface area (Å²) in [6.07, 6.45) is -0.277. The van der Waals surface area contributed by atoms with Gasteiger partial charge in [-0.1, -0.05) is 0 Å². The Morgan fingerprint density at radius 1 is 1.41 bits per heavy atom. The summed E-state index contributed by atoms with van der Waals surface area (Å²) >= 11 is 1.76. The van der Waals surface area contributed by atoms with E-state index in [-0.39, 0.29) is 6.09 Å². The van der Waals surface area contributed by atoms with Crippen molar-refractivity contribution in [2.45, 2.75) is 11.4 Å². The van der Waals surface area contributed by atoms with Crippen LogP contribution in [-0.4, -0.2) is 37.5 Å². The summed E-state index contributed by atoms with van der Waals surface area (Å²) in [5, 5.41) is 0. The van der Waals surface area contributed by atoms with Gasteiger partial charge in [-0.3, -0.25) is 0 Å². The van der Waals surface area contributed by atoms with E-state index in [1.807, 2.05) is 18.2 Å². The summed E-state index contributed by atoms with van der Waals surface area (Å²) in [6, 6.07) is 5.96. The van der Waals surface area contributed by atoms with Crippen molar-refractivity contribution in [2.24, 2.45) is 0 Å². The molecule has 1 heterocycles. The predicted octanol–water partition coefficient (Wildman–Crippen LogP) is 2.37. The Bertz CT molecular complexity index is 422. The molecule has 0 fully saturated rings. The van der Waals surface area contributed by atoms with Crippen molar-refractivity contribution in [2.75, 3.05) is 26.5 Å². The lowest BCUT2D eigenvalue weighted by Crippen LogP contribution is -2.31. The van der Waals surface area contributed by atoms with Crippen molar-refractivity contribution < 1.29 is 14.3 Å². The number of fused-ring (bicyclic) bond motifs is 1. The second-order valence-electron chi connectivity index (χ2n) is 3.71. The summed E-state index contributed by atoms with van der Waals surface area (Å²) < 4.78 is 9.96. The molecule has 0 unspecified atom stereocenters. The smallest absolute Gasteiger partial charge is 0.409 e. The lowest BCUT2D eigenvalue weighted by Gasteiger charge is -2.18. The van der Waals surface area contributed by atoms with E-state index in [1.165, 1.54) is 12.0 Å². The minimum absolute atomic E-state index is 0.277. The van der Waals surface area contributed by atoms with Gasteiger partial charge in [-0.2, -0.15) is 0 Å². The zero-order valence-electron chi connectivity index (χ0n) is 9.93. The van der Waals surface area contributed by atoms with E-state index in [4.69, 9.17) is 9.47 Å². The first kappa shape index (κ1) is 12.1. The van der Waals surface area contributed by atoms with Gasteiger partial charge in [-0.15, -0.1) is 11.8 Å². The molecule has 0 saturated heterocycles. The maximum atomic E-state index is 11.5. The molecule has 0 aromatic heterocycles. The number of methoxy groups -OCH3 is 2. The van der Waals surface area contributed by atoms with Crippen molar-refractivity contribution in [1.82, 2.24) is 4.90 Å². The molecule has 1 aromatic carbocycles. The van der Waals surface area contributed by atoms with Crippen LogP contribution in [0.2, 0.25) is 0 Å². The molecule has 17 heavy (non-hydrogen) atoms. The fraction of sp³-hybridized carbons (Fsp3) is 0.417. The van der Waals surface area contributed by atoms with Crippen LogP contribution >= 0.6 is 11.8 Å². The maximum Gasteiger partial charge on any atom is 0.409 e. The van der Waals surface area contributed by atoms with Gasteiger partial charge in [0.2, 0.25) is 0 Å². The van der Waals surface area contributed by atoms with Crippen molar-refractivity contribution in [3.63, 3.8) is 0 Å². The minimum Gasteiger partial charge on any atom is -0.497 e. The lowest BCUT2D eigenvalue weighted by atomic mass is 10.2. The molecule has 0 atom stereocenters. The Labute approximate surface area is 105 Å². The SMILES string of the molecule is COC(=O)N1CCSc2ccc(OC)cc2C1. The highest BCUT2D eigenvalue weighted by Gasteiger charge is 2.19. The van der Waals surface area contributed by atoms with E-state index in [1.54, 1.807) is 23.8 Å². The van der Waals surface area contributed by atoms with E-state index in [9.17, 15) is 4.79 Å². The van der Waals surface area contributed by atoms with E-state index in [0.29, 0.717) is 13.1 Å². The highest BCUT2D eigenvalue weighted by atomic mass is 32.2. The van der Waals surface area contributed by atoms with Crippen LogP contribution in [0.4, 0.5) is 4.79 Å². The Kier molecular flexibility index (Phi) is 3.78. The van der Waals surface area contributed by atoms with Gasteiger partial charge in [-0.05, 0) is 23.8 Å². The number of amides is 1. The van der Waals surface area contributed by atoms with Crippen LogP contribution in [-0.2, 0) is 11.3 Å². The van der Waals surface area contributed by atoms with Gasteiger partial charge in [0.05, 0.1) is 20.8 Å². The first-order valence-corrected chi connectivity index (χ1v) is 6.35. The normalized spacial score (nSPS) is 14.8. The van der Waals surface area contributed by atoms with Crippen molar-refractivity contribution in [3.8, 4) is 5.75 Å². The van der Waals surface area contributed by atoms with Gasteiger partial charge in [-0.25, -0.2) is 4.79 Å². The average molecular weight is 253 g/mol. The van der Waals surface area contributed by atoms with E-state index < -0.39 is 0 Å². The van der Waals surface area contributed by atoms with Crippen LogP contribution in [0, 0.1) is 0 Å². The van der Waals surface area contributed by atoms with E-state index in [2.05, 4.69) is 0 Å². The third kappa shape index (κ3) is 2.66. The third-order valence-corrected chi connectivity index (χ3v) is 3.78. The minimum atomic E-state index is -0.277. The van der Waals surface area contributed by atoms with E-state index in [0.717, 1.165) is 17.1 Å². The molecule has 1 amide bonds. The molecule has 0 bridgehead atoms. The average Bonchev–Trinajstić information content (AvgIpc) is 2.58. The molecule has 0 aliphatic carbocycles. The number of nitrogens with zero attached hydrogens (tertiary/aromatic N) is 1. The number of benzene rings is 1. The zero-order chi connectivity index (χ0) is 12.3. The molecule has 5 heteroatoms. The number of thioether (sulfide) groups is 1. The summed E-state index contributed by atoms with van der Waals surface area (Å²) in [5.41, 5.74) is 1.11. The topological polar surface area (TPSA) is 38.8 Å². The number of rotatable bonds is 1. The van der Waals surface area contributed by atoms with Crippen molar-refractivity contribution in [3.05, 3.63) is 23.8 Å². The molecule has 0 saturated carbocycles. The summed E-state index contributed by atoms with van der Waals surface area (Å²) in [6.45, 7) is 1.28. The Morgan fingerprint density at radius 2 is 2.24 bits per heavy atom. The van der Waals surface area contributed by atoms with Gasteiger partial charge in [0.1, 0.15) is 5.75 Å². The van der Waals surface area contributed by atoms with Crippen molar-refractivity contribution >= 4 is 17.9 Å². The molecule has 92 valence electrons. The number of ether oxygens (including phenoxy) is 2. The molecule has 0 radical (unpaired) electrons. The molecule has 4 nitrogen and oxygen atoms in total. The van der Waals surface area contributed by atoms with Gasteiger partial charge < -0.3 is 14.4 Å². The van der Waals surface area contributed by atoms with Crippen LogP contribution in [0.25, 0.3) is 0 Å². The molecular formula is C12H15NO3S. The fourth-order valence-corrected chi connectivity index (χ4v) is 2.79. The van der Waals surface area contributed by atoms with Gasteiger partial charge in [0.15, 0.2) is 0 Å². The standard InChI is InChI=1S/C12H15NO3S/c1-15-10-3-4-11-9(7-10)8-13(5-6-17-11)12(14)16-2/h3-4,7H,5-6,8H2,1-2H3. The van der Waals surface area contributed by atoms with E-state index >= 15 is 0 Å². The Balaban J connectivity index is 2.25. The number of carbonyl (C=O) groups is 1. The second-order valence-corrected chi connectivity index (χ2v) is 4.85. The molecule has 1 aliphatic heterocycles. The summed E-state index contributed by atoms with van der Waals surface area (Å²) in [5.74, 6) is 1.70. The lowest BCUT2D eigenvalue weighted by molar-refractivity contribution is 0.123. The van der Waals surface area contributed by atoms with Gasteiger partial charge in [0, 0.05) is 17.2 Å². The number of carbonyl (C=O) groups excluding carboxylic acids is 1. The highest BCUT2D eigenvalue weighted by molar-refractivity contribution is 7.99. The highest BCUT2D eigenvalue weighted by Crippen LogP contribution is 2.30. The van der Waals surface area contributed by atoms with Crippen molar-refractivity contribution in [1.29, 1.82) is 0 Å². The van der Waals surface area contributed by atoms with Gasteiger partial charge >= 0.3 is 6.09 Å². The maximum absolute atomic E-state index is 11.5. The molecule has 1 aliphatic rings. The summed E-state index contributed by atoms with van der Waals surface area (Å²) in [7, 11) is 3.05. The van der Waals surface area contributed by atoms with Crippen LogP contribution in [0.5, 0.6) is 5.75 Å². The van der Waals surface area contributed by atoms with Crippen LogP contribution < -0.4 is 4.74 Å². The van der Waals surface area contributed by atoms with Crippen LogP contribution in [0.15, 0.2) is 23.1 Å². The van der Waals surface area contributed by atoms with Crippen LogP contribution in [0.3, 0.4) is 0 Å². The number of hydrogen-bond donors (Lipinski definition) is 0. The predicted molar refractivity (Wildman–Crippen MR) is 66.5 cm³/mol. The molecular weight excluding hydrogens is 238 g/mol. The number of hydrogen-bond acceptors (Lipinski definition) is 4. The quantitative estimate of drug-likeness (QED) is 0.770. The molecule has 0 N–H and O–H groups in total.